The smallest absolute Gasteiger partial charge is 0.226 e. The predicted octanol–water partition coefficient (Wildman–Crippen LogP) is 3.28. The van der Waals surface area contributed by atoms with Crippen LogP contribution in [0, 0.1) is 17.2 Å². The van der Waals surface area contributed by atoms with Crippen LogP contribution in [0.1, 0.15) is 44.6 Å². The van der Waals surface area contributed by atoms with E-state index in [1.54, 1.807) is 0 Å². The highest BCUT2D eigenvalue weighted by Gasteiger charge is 2.36. The van der Waals surface area contributed by atoms with Crippen LogP contribution >= 0.6 is 12.4 Å². The molecule has 2 aliphatic heterocycles. The fourth-order valence-electron chi connectivity index (χ4n) is 4.76. The SMILES string of the molecule is CC1CN(C2CCC2)CCN1C(=O)C1CCN(c2ccc(C#N)cc2)CC1.Cl. The number of rotatable bonds is 3. The van der Waals surface area contributed by atoms with Crippen molar-refractivity contribution in [3.8, 4) is 6.07 Å². The zero-order chi connectivity index (χ0) is 18.8. The summed E-state index contributed by atoms with van der Waals surface area (Å²) in [4.78, 5) is 20.2. The molecule has 0 aromatic heterocycles. The molecule has 0 radical (unpaired) electrons. The first-order valence-electron chi connectivity index (χ1n) is 10.5. The molecule has 0 N–H and O–H groups in total. The van der Waals surface area contributed by atoms with Gasteiger partial charge < -0.3 is 9.80 Å². The van der Waals surface area contributed by atoms with Gasteiger partial charge in [0.25, 0.3) is 0 Å². The Morgan fingerprint density at radius 2 is 1.71 bits per heavy atom. The Hall–Kier alpha value is -1.77. The van der Waals surface area contributed by atoms with E-state index in [1.807, 2.05) is 24.3 Å². The van der Waals surface area contributed by atoms with Gasteiger partial charge in [0.1, 0.15) is 0 Å². The Labute approximate surface area is 174 Å². The highest BCUT2D eigenvalue weighted by Crippen LogP contribution is 2.29. The number of carbonyl (C=O) groups excluding carboxylic acids is 1. The van der Waals surface area contributed by atoms with Crippen LogP contribution in [-0.4, -0.2) is 60.5 Å². The van der Waals surface area contributed by atoms with Crippen LogP contribution in [0.25, 0.3) is 0 Å². The Kier molecular flexibility index (Phi) is 6.85. The van der Waals surface area contributed by atoms with E-state index in [9.17, 15) is 4.79 Å². The van der Waals surface area contributed by atoms with Gasteiger partial charge in [0, 0.05) is 56.4 Å². The number of hydrogen-bond donors (Lipinski definition) is 0. The third-order valence-corrected chi connectivity index (χ3v) is 6.74. The summed E-state index contributed by atoms with van der Waals surface area (Å²) in [5, 5.41) is 8.94. The lowest BCUT2D eigenvalue weighted by Crippen LogP contribution is -2.59. The standard InChI is InChI=1S/C22H30N4O.ClH/c1-17-16-25(20-3-2-4-20)13-14-26(17)22(27)19-9-11-24(12-10-19)21-7-5-18(15-23)6-8-21;/h5-8,17,19-20H,2-4,9-14,16H2,1H3;1H. The van der Waals surface area contributed by atoms with Crippen molar-refractivity contribution >= 4 is 24.0 Å². The van der Waals surface area contributed by atoms with E-state index in [-0.39, 0.29) is 18.3 Å². The molecule has 1 aromatic carbocycles. The van der Waals surface area contributed by atoms with Crippen LogP contribution in [0.3, 0.4) is 0 Å². The van der Waals surface area contributed by atoms with E-state index >= 15 is 0 Å². The monoisotopic (exact) mass is 402 g/mol. The first kappa shape index (κ1) is 21.0. The lowest BCUT2D eigenvalue weighted by atomic mass is 9.90. The number of amides is 1. The second-order valence-electron chi connectivity index (χ2n) is 8.38. The molecule has 1 amide bonds. The quantitative estimate of drug-likeness (QED) is 0.778. The number of piperazine rings is 1. The summed E-state index contributed by atoms with van der Waals surface area (Å²) < 4.78 is 0. The summed E-state index contributed by atoms with van der Waals surface area (Å²) in [5.74, 6) is 0.535. The maximum Gasteiger partial charge on any atom is 0.226 e. The minimum atomic E-state index is 0. The number of hydrogen-bond acceptors (Lipinski definition) is 4. The summed E-state index contributed by atoms with van der Waals surface area (Å²) in [6.45, 7) is 7.03. The van der Waals surface area contributed by atoms with Crippen LogP contribution in [0.5, 0.6) is 0 Å². The van der Waals surface area contributed by atoms with Crippen LogP contribution in [0.2, 0.25) is 0 Å². The van der Waals surface area contributed by atoms with E-state index in [0.29, 0.717) is 17.5 Å². The molecule has 0 bridgehead atoms. The highest BCUT2D eigenvalue weighted by atomic mass is 35.5. The molecule has 152 valence electrons. The van der Waals surface area contributed by atoms with E-state index in [1.165, 1.54) is 19.3 Å². The molecule has 1 saturated carbocycles. The third kappa shape index (κ3) is 4.29. The molecule has 28 heavy (non-hydrogen) atoms. The van der Waals surface area contributed by atoms with Crippen molar-refractivity contribution < 1.29 is 4.79 Å². The zero-order valence-corrected chi connectivity index (χ0v) is 17.5. The normalized spacial score (nSPS) is 24.2. The second kappa shape index (κ2) is 9.15. The van der Waals surface area contributed by atoms with Gasteiger partial charge in [-0.15, -0.1) is 12.4 Å². The number of nitriles is 1. The van der Waals surface area contributed by atoms with Crippen molar-refractivity contribution in [2.45, 2.75) is 51.1 Å². The lowest BCUT2D eigenvalue weighted by Gasteiger charge is -2.47. The molecule has 6 heteroatoms. The molecule has 1 aromatic rings. The highest BCUT2D eigenvalue weighted by molar-refractivity contribution is 5.85. The Morgan fingerprint density at radius 1 is 1.04 bits per heavy atom. The number of halogens is 1. The van der Waals surface area contributed by atoms with Gasteiger partial charge in [0.2, 0.25) is 5.91 Å². The Bertz CT molecular complexity index is 704. The molecule has 5 nitrogen and oxygen atoms in total. The van der Waals surface area contributed by atoms with Crippen LogP contribution in [0.4, 0.5) is 5.69 Å². The molecule has 4 rings (SSSR count). The summed E-state index contributed by atoms with van der Waals surface area (Å²) in [5.41, 5.74) is 1.85. The molecule has 3 aliphatic rings. The van der Waals surface area contributed by atoms with Gasteiger partial charge >= 0.3 is 0 Å². The summed E-state index contributed by atoms with van der Waals surface area (Å²) in [6, 6.07) is 11.1. The number of carbonyl (C=O) groups is 1. The average molecular weight is 403 g/mol. The van der Waals surface area contributed by atoms with Crippen LogP contribution in [-0.2, 0) is 4.79 Å². The van der Waals surface area contributed by atoms with Gasteiger partial charge in [0.15, 0.2) is 0 Å². The van der Waals surface area contributed by atoms with Gasteiger partial charge in [-0.2, -0.15) is 5.26 Å². The van der Waals surface area contributed by atoms with E-state index in [4.69, 9.17) is 5.26 Å². The molecule has 2 heterocycles. The first-order valence-corrected chi connectivity index (χ1v) is 10.5. The molecule has 1 atom stereocenters. The average Bonchev–Trinajstić information content (AvgIpc) is 2.66. The van der Waals surface area contributed by atoms with E-state index in [0.717, 1.165) is 57.3 Å². The van der Waals surface area contributed by atoms with E-state index in [2.05, 4.69) is 27.7 Å². The number of piperidine rings is 1. The summed E-state index contributed by atoms with van der Waals surface area (Å²) in [6.07, 6.45) is 5.90. The van der Waals surface area contributed by atoms with Gasteiger partial charge in [-0.05, 0) is 56.9 Å². The first-order chi connectivity index (χ1) is 13.2. The lowest BCUT2D eigenvalue weighted by molar-refractivity contribution is -0.141. The number of anilines is 1. The van der Waals surface area contributed by atoms with E-state index < -0.39 is 0 Å². The van der Waals surface area contributed by atoms with Gasteiger partial charge in [-0.3, -0.25) is 9.69 Å². The molecule has 1 aliphatic carbocycles. The zero-order valence-electron chi connectivity index (χ0n) is 16.7. The molecule has 0 spiro atoms. The molecular formula is C22H31ClN4O. The summed E-state index contributed by atoms with van der Waals surface area (Å²) >= 11 is 0. The Balaban J connectivity index is 0.00000225. The van der Waals surface area contributed by atoms with Gasteiger partial charge in [-0.25, -0.2) is 0 Å². The van der Waals surface area contributed by atoms with Crippen molar-refractivity contribution in [1.29, 1.82) is 5.26 Å². The number of nitrogens with zero attached hydrogens (tertiary/aromatic N) is 4. The number of benzene rings is 1. The fourth-order valence-corrected chi connectivity index (χ4v) is 4.76. The Morgan fingerprint density at radius 3 is 2.25 bits per heavy atom. The summed E-state index contributed by atoms with van der Waals surface area (Å²) in [7, 11) is 0. The van der Waals surface area contributed by atoms with Crippen LogP contribution in [0.15, 0.2) is 24.3 Å². The van der Waals surface area contributed by atoms with Gasteiger partial charge in [-0.1, -0.05) is 6.42 Å². The van der Waals surface area contributed by atoms with Crippen LogP contribution < -0.4 is 4.90 Å². The predicted molar refractivity (Wildman–Crippen MR) is 114 cm³/mol. The largest absolute Gasteiger partial charge is 0.371 e. The maximum absolute atomic E-state index is 13.1. The second-order valence-corrected chi connectivity index (χ2v) is 8.38. The van der Waals surface area contributed by atoms with Crippen molar-refractivity contribution in [3.05, 3.63) is 29.8 Å². The molecule has 2 saturated heterocycles. The topological polar surface area (TPSA) is 50.6 Å². The van der Waals surface area contributed by atoms with Crippen molar-refractivity contribution in [3.63, 3.8) is 0 Å². The third-order valence-electron chi connectivity index (χ3n) is 6.74. The van der Waals surface area contributed by atoms with Gasteiger partial charge in [0.05, 0.1) is 11.6 Å². The minimum Gasteiger partial charge on any atom is -0.371 e. The van der Waals surface area contributed by atoms with Crippen molar-refractivity contribution in [1.82, 2.24) is 9.80 Å². The fraction of sp³-hybridized carbons (Fsp3) is 0.636. The minimum absolute atomic E-state index is 0. The molecule has 1 unspecified atom stereocenters. The van der Waals surface area contributed by atoms with Crippen molar-refractivity contribution in [2.75, 3.05) is 37.6 Å². The maximum atomic E-state index is 13.1. The molecular weight excluding hydrogens is 372 g/mol. The molecule has 3 fully saturated rings. The van der Waals surface area contributed by atoms with Crippen molar-refractivity contribution in [2.24, 2.45) is 5.92 Å².